The SMILES string of the molecule is C[C@]12C=CC(=O)C=C1CC[C@H]1[C@H]2[C@@H](O)C[C@@]2(C)[C@@H]1CC[C@]2(O)C(=O)COC(=O)CCC(=O)NCc1cccnc1. The van der Waals surface area contributed by atoms with E-state index in [1.165, 1.54) is 0 Å². The summed E-state index contributed by atoms with van der Waals surface area (Å²) in [6, 6.07) is 3.60. The van der Waals surface area contributed by atoms with Crippen LogP contribution in [0.15, 0.2) is 48.3 Å². The highest BCUT2D eigenvalue weighted by Gasteiger charge is 2.68. The number of carbonyl (C=O) groups excluding carboxylic acids is 4. The van der Waals surface area contributed by atoms with E-state index in [0.29, 0.717) is 13.0 Å². The van der Waals surface area contributed by atoms with Gasteiger partial charge in [0.05, 0.1) is 12.5 Å². The molecule has 1 amide bonds. The first-order chi connectivity index (χ1) is 19.0. The Morgan fingerprint density at radius 1 is 1.20 bits per heavy atom. The molecule has 1 aromatic heterocycles. The maximum Gasteiger partial charge on any atom is 0.306 e. The molecule has 0 aromatic carbocycles. The van der Waals surface area contributed by atoms with Crippen LogP contribution in [0.4, 0.5) is 0 Å². The van der Waals surface area contributed by atoms with Crippen LogP contribution in [0, 0.1) is 28.6 Å². The van der Waals surface area contributed by atoms with Crippen LogP contribution >= 0.6 is 0 Å². The number of amides is 1. The minimum atomic E-state index is -1.72. The van der Waals surface area contributed by atoms with Gasteiger partial charge in [0.25, 0.3) is 0 Å². The highest BCUT2D eigenvalue weighted by Crippen LogP contribution is 2.67. The van der Waals surface area contributed by atoms with Crippen LogP contribution in [0.1, 0.15) is 64.4 Å². The monoisotopic (exact) mass is 550 g/mol. The summed E-state index contributed by atoms with van der Waals surface area (Å²) in [6.07, 6.45) is 10.1. The number of fused-ring (bicyclic) bond motifs is 5. The molecule has 5 rings (SSSR count). The Kier molecular flexibility index (Phi) is 7.56. The highest BCUT2D eigenvalue weighted by atomic mass is 16.5. The van der Waals surface area contributed by atoms with Crippen molar-refractivity contribution in [1.82, 2.24) is 10.3 Å². The van der Waals surface area contributed by atoms with E-state index < -0.39 is 40.9 Å². The first-order valence-corrected chi connectivity index (χ1v) is 14.2. The topological polar surface area (TPSA) is 143 Å². The maximum atomic E-state index is 13.4. The van der Waals surface area contributed by atoms with Gasteiger partial charge in [-0.3, -0.25) is 24.2 Å². The van der Waals surface area contributed by atoms with E-state index in [9.17, 15) is 29.4 Å². The molecule has 0 bridgehead atoms. The van der Waals surface area contributed by atoms with Gasteiger partial charge in [-0.05, 0) is 67.7 Å². The summed E-state index contributed by atoms with van der Waals surface area (Å²) in [5.41, 5.74) is -1.13. The molecule has 3 saturated carbocycles. The first kappa shape index (κ1) is 28.4. The number of Topliss-reactive ketones (excluding diaryl/α,β-unsaturated/α-hetero) is 1. The molecule has 40 heavy (non-hydrogen) atoms. The summed E-state index contributed by atoms with van der Waals surface area (Å²) >= 11 is 0. The van der Waals surface area contributed by atoms with Crippen molar-refractivity contribution in [3.8, 4) is 0 Å². The zero-order valence-electron chi connectivity index (χ0n) is 23.1. The Morgan fingerprint density at radius 2 is 2.00 bits per heavy atom. The van der Waals surface area contributed by atoms with E-state index in [2.05, 4.69) is 17.2 Å². The number of esters is 1. The molecule has 4 aliphatic rings. The third-order valence-corrected chi connectivity index (χ3v) is 10.2. The molecule has 3 fully saturated rings. The number of hydrogen-bond acceptors (Lipinski definition) is 8. The lowest BCUT2D eigenvalue weighted by Gasteiger charge is -2.59. The highest BCUT2D eigenvalue weighted by molar-refractivity contribution is 6.01. The number of allylic oxidation sites excluding steroid dienone is 4. The number of nitrogens with zero attached hydrogens (tertiary/aromatic N) is 1. The molecular formula is C31H38N2O7. The molecule has 4 aliphatic carbocycles. The summed E-state index contributed by atoms with van der Waals surface area (Å²) in [6.45, 7) is 3.68. The summed E-state index contributed by atoms with van der Waals surface area (Å²) < 4.78 is 5.20. The number of nitrogens with one attached hydrogen (secondary N) is 1. The Bertz CT molecular complexity index is 1260. The third-order valence-electron chi connectivity index (χ3n) is 10.2. The number of carbonyl (C=O) groups is 4. The minimum Gasteiger partial charge on any atom is -0.458 e. The summed E-state index contributed by atoms with van der Waals surface area (Å²) in [5, 5.41) is 25.9. The van der Waals surface area contributed by atoms with E-state index >= 15 is 0 Å². The molecule has 7 atom stereocenters. The molecule has 0 radical (unpaired) electrons. The zero-order valence-corrected chi connectivity index (χ0v) is 23.1. The molecule has 3 N–H and O–H groups in total. The molecule has 0 unspecified atom stereocenters. The fourth-order valence-electron chi connectivity index (χ4n) is 8.13. The fraction of sp³-hybridized carbons (Fsp3) is 0.581. The van der Waals surface area contributed by atoms with Gasteiger partial charge in [-0.2, -0.15) is 0 Å². The number of aromatic nitrogens is 1. The van der Waals surface area contributed by atoms with Crippen LogP contribution in [-0.4, -0.2) is 57.0 Å². The average Bonchev–Trinajstić information content (AvgIpc) is 3.20. The lowest BCUT2D eigenvalue weighted by molar-refractivity contribution is -0.181. The number of rotatable bonds is 8. The van der Waals surface area contributed by atoms with E-state index in [1.54, 1.807) is 30.6 Å². The van der Waals surface area contributed by atoms with E-state index in [4.69, 9.17) is 4.74 Å². The van der Waals surface area contributed by atoms with Crippen LogP contribution in [0.3, 0.4) is 0 Å². The number of ketones is 2. The van der Waals surface area contributed by atoms with E-state index in [1.807, 2.05) is 19.1 Å². The third kappa shape index (κ3) is 4.83. The predicted octanol–water partition coefficient (Wildman–Crippen LogP) is 2.60. The second-order valence-corrected chi connectivity index (χ2v) is 12.3. The van der Waals surface area contributed by atoms with Gasteiger partial charge < -0.3 is 20.3 Å². The van der Waals surface area contributed by atoms with Crippen LogP contribution < -0.4 is 5.32 Å². The molecule has 0 spiro atoms. The summed E-state index contributed by atoms with van der Waals surface area (Å²) in [4.78, 5) is 53.8. The smallest absolute Gasteiger partial charge is 0.306 e. The molecular weight excluding hydrogens is 512 g/mol. The van der Waals surface area contributed by atoms with Crippen molar-refractivity contribution < 1.29 is 34.1 Å². The first-order valence-electron chi connectivity index (χ1n) is 14.2. The van der Waals surface area contributed by atoms with Crippen LogP contribution in [0.5, 0.6) is 0 Å². The second-order valence-electron chi connectivity index (χ2n) is 12.3. The second kappa shape index (κ2) is 10.7. The molecule has 0 aliphatic heterocycles. The summed E-state index contributed by atoms with van der Waals surface area (Å²) in [5.74, 6) is -1.60. The van der Waals surface area contributed by atoms with Crippen molar-refractivity contribution >= 4 is 23.4 Å². The lowest BCUT2D eigenvalue weighted by atomic mass is 9.46. The number of ether oxygens (including phenoxy) is 1. The molecule has 214 valence electrons. The van der Waals surface area contributed by atoms with Crippen molar-refractivity contribution in [2.75, 3.05) is 6.61 Å². The number of aliphatic hydroxyl groups excluding tert-OH is 1. The van der Waals surface area contributed by atoms with Gasteiger partial charge in [0.15, 0.2) is 12.4 Å². The van der Waals surface area contributed by atoms with Crippen molar-refractivity contribution in [2.24, 2.45) is 28.6 Å². The molecule has 1 aromatic rings. The van der Waals surface area contributed by atoms with Crippen LogP contribution in [-0.2, 0) is 30.5 Å². The Hall–Kier alpha value is -3.17. The van der Waals surface area contributed by atoms with E-state index in [0.717, 1.165) is 24.0 Å². The van der Waals surface area contributed by atoms with Crippen LogP contribution in [0.2, 0.25) is 0 Å². The van der Waals surface area contributed by atoms with E-state index in [-0.39, 0.29) is 55.1 Å². The fourth-order valence-corrected chi connectivity index (χ4v) is 8.13. The zero-order chi connectivity index (χ0) is 28.7. The van der Waals surface area contributed by atoms with Crippen molar-refractivity contribution in [3.63, 3.8) is 0 Å². The predicted molar refractivity (Wildman–Crippen MR) is 144 cm³/mol. The number of aliphatic hydroxyl groups is 2. The van der Waals surface area contributed by atoms with Gasteiger partial charge in [-0.25, -0.2) is 0 Å². The average molecular weight is 551 g/mol. The molecule has 9 heteroatoms. The van der Waals surface area contributed by atoms with Gasteiger partial charge in [-0.1, -0.05) is 31.6 Å². The normalized spacial score (nSPS) is 36.1. The number of pyridine rings is 1. The van der Waals surface area contributed by atoms with Gasteiger partial charge in [-0.15, -0.1) is 0 Å². The standard InChI is InChI=1S/C31H38N2O7/c1-29-11-9-21(34)14-20(29)5-6-22-23-10-12-31(39,30(23,2)15-24(35)28(22)29)25(36)18-40-27(38)8-7-26(37)33-17-19-4-3-13-32-16-19/h3-4,9,11,13-14,16,22-24,28,35,39H,5-8,10,12,15,17-18H2,1-2H3,(H,33,37)/t22-,23-,24+,28+,29+,30+,31+/m1/s1. The molecule has 9 nitrogen and oxygen atoms in total. The maximum absolute atomic E-state index is 13.4. The minimum absolute atomic E-state index is 0.0125. The van der Waals surface area contributed by atoms with Crippen LogP contribution in [0.25, 0.3) is 0 Å². The number of hydrogen-bond donors (Lipinski definition) is 3. The van der Waals surface area contributed by atoms with Crippen molar-refractivity contribution in [3.05, 3.63) is 53.9 Å². The van der Waals surface area contributed by atoms with Crippen molar-refractivity contribution in [2.45, 2.75) is 77.0 Å². The van der Waals surface area contributed by atoms with Gasteiger partial charge in [0, 0.05) is 42.1 Å². The van der Waals surface area contributed by atoms with Crippen molar-refractivity contribution in [1.29, 1.82) is 0 Å². The quantitative estimate of drug-likeness (QED) is 0.419. The van der Waals surface area contributed by atoms with Gasteiger partial charge in [0.1, 0.15) is 5.60 Å². The van der Waals surface area contributed by atoms with Gasteiger partial charge >= 0.3 is 5.97 Å². The largest absolute Gasteiger partial charge is 0.458 e. The molecule has 1 heterocycles. The lowest BCUT2D eigenvalue weighted by Crippen LogP contribution is -2.61. The Labute approximate surface area is 234 Å². The molecule has 0 saturated heterocycles. The Balaban J connectivity index is 1.18. The van der Waals surface area contributed by atoms with Gasteiger partial charge in [0.2, 0.25) is 11.7 Å². The summed E-state index contributed by atoms with van der Waals surface area (Å²) in [7, 11) is 0. The Morgan fingerprint density at radius 3 is 2.75 bits per heavy atom.